The molecule has 5 nitrogen and oxygen atoms in total. The zero-order valence-corrected chi connectivity index (χ0v) is 11.1. The Morgan fingerprint density at radius 1 is 1.30 bits per heavy atom. The largest absolute Gasteiger partial charge is 0.396 e. The molecule has 1 heterocycles. The number of nitrogens with one attached hydrogen (secondary N) is 1. The van der Waals surface area contributed by atoms with Gasteiger partial charge in [0.15, 0.2) is 5.69 Å². The van der Waals surface area contributed by atoms with Gasteiger partial charge >= 0.3 is 0 Å². The first-order valence-electron chi connectivity index (χ1n) is 6.73. The van der Waals surface area contributed by atoms with Crippen LogP contribution >= 0.6 is 0 Å². The molecule has 0 bridgehead atoms. The number of aliphatic hydroxyl groups is 1. The van der Waals surface area contributed by atoms with Crippen LogP contribution in [0.3, 0.4) is 0 Å². The summed E-state index contributed by atoms with van der Waals surface area (Å²) in [7, 11) is 0. The first-order chi connectivity index (χ1) is 9.72. The number of para-hydroxylation sites is 1. The molecule has 0 spiro atoms. The molecular formula is C15H17N3O2. The van der Waals surface area contributed by atoms with Gasteiger partial charge in [0, 0.05) is 18.2 Å². The molecule has 1 aromatic carbocycles. The van der Waals surface area contributed by atoms with Gasteiger partial charge in [0.05, 0.1) is 12.3 Å². The van der Waals surface area contributed by atoms with Crippen molar-refractivity contribution in [2.45, 2.75) is 12.8 Å². The van der Waals surface area contributed by atoms with Gasteiger partial charge in [-0.3, -0.25) is 4.79 Å². The SMILES string of the molecule is O=C(NCC1(CO)CC1)c1ccn(-c2ccccc2)n1. The molecule has 1 fully saturated rings. The maximum absolute atomic E-state index is 12.0. The Morgan fingerprint density at radius 2 is 2.05 bits per heavy atom. The lowest BCUT2D eigenvalue weighted by Crippen LogP contribution is -2.32. The summed E-state index contributed by atoms with van der Waals surface area (Å²) < 4.78 is 1.67. The minimum absolute atomic E-state index is 0.0857. The molecule has 1 aliphatic rings. The van der Waals surface area contributed by atoms with Crippen LogP contribution in [0.2, 0.25) is 0 Å². The highest BCUT2D eigenvalue weighted by Gasteiger charge is 2.42. The molecule has 1 aromatic heterocycles. The number of carbonyl (C=O) groups is 1. The monoisotopic (exact) mass is 271 g/mol. The van der Waals surface area contributed by atoms with Crippen molar-refractivity contribution < 1.29 is 9.90 Å². The average molecular weight is 271 g/mol. The smallest absolute Gasteiger partial charge is 0.271 e. The van der Waals surface area contributed by atoms with E-state index in [1.54, 1.807) is 16.9 Å². The second-order valence-corrected chi connectivity index (χ2v) is 5.32. The molecule has 1 aliphatic carbocycles. The molecule has 1 amide bonds. The van der Waals surface area contributed by atoms with Crippen LogP contribution in [0.15, 0.2) is 42.6 Å². The third-order valence-corrected chi connectivity index (χ3v) is 3.76. The number of aromatic nitrogens is 2. The van der Waals surface area contributed by atoms with Gasteiger partial charge in [-0.05, 0) is 31.0 Å². The van der Waals surface area contributed by atoms with E-state index in [1.807, 2.05) is 30.3 Å². The van der Waals surface area contributed by atoms with Crippen molar-refractivity contribution in [3.63, 3.8) is 0 Å². The van der Waals surface area contributed by atoms with Gasteiger partial charge < -0.3 is 10.4 Å². The molecule has 0 radical (unpaired) electrons. The van der Waals surface area contributed by atoms with Crippen LogP contribution in [-0.2, 0) is 0 Å². The van der Waals surface area contributed by atoms with Gasteiger partial charge in [0.2, 0.25) is 0 Å². The zero-order chi connectivity index (χ0) is 14.0. The van der Waals surface area contributed by atoms with E-state index in [1.165, 1.54) is 0 Å². The number of hydrogen-bond acceptors (Lipinski definition) is 3. The summed E-state index contributed by atoms with van der Waals surface area (Å²) in [6.07, 6.45) is 3.72. The van der Waals surface area contributed by atoms with Crippen molar-refractivity contribution in [1.29, 1.82) is 0 Å². The fourth-order valence-corrected chi connectivity index (χ4v) is 2.10. The molecule has 0 atom stereocenters. The number of carbonyl (C=O) groups excluding carboxylic acids is 1. The van der Waals surface area contributed by atoms with E-state index in [0.717, 1.165) is 18.5 Å². The molecule has 20 heavy (non-hydrogen) atoms. The van der Waals surface area contributed by atoms with Crippen molar-refractivity contribution in [3.05, 3.63) is 48.3 Å². The van der Waals surface area contributed by atoms with Gasteiger partial charge in [-0.1, -0.05) is 18.2 Å². The highest BCUT2D eigenvalue weighted by Crippen LogP contribution is 2.44. The standard InChI is InChI=1S/C15H17N3O2/c19-11-15(7-8-15)10-16-14(20)13-6-9-18(17-13)12-4-2-1-3-5-12/h1-6,9,19H,7-8,10-11H2,(H,16,20). The summed E-state index contributed by atoms with van der Waals surface area (Å²) in [6.45, 7) is 0.645. The fourth-order valence-electron chi connectivity index (χ4n) is 2.10. The van der Waals surface area contributed by atoms with Crippen molar-refractivity contribution in [2.24, 2.45) is 5.41 Å². The molecule has 3 rings (SSSR count). The van der Waals surface area contributed by atoms with Gasteiger partial charge in [-0.15, -0.1) is 0 Å². The molecular weight excluding hydrogens is 254 g/mol. The topological polar surface area (TPSA) is 67.2 Å². The molecule has 2 N–H and O–H groups in total. The summed E-state index contributed by atoms with van der Waals surface area (Å²) in [5.41, 5.74) is 1.22. The van der Waals surface area contributed by atoms with Crippen LogP contribution in [0.1, 0.15) is 23.3 Å². The number of aliphatic hydroxyl groups excluding tert-OH is 1. The number of benzene rings is 1. The predicted molar refractivity (Wildman–Crippen MR) is 74.7 cm³/mol. The minimum atomic E-state index is -0.195. The Balaban J connectivity index is 1.66. The number of rotatable bonds is 5. The van der Waals surface area contributed by atoms with E-state index in [2.05, 4.69) is 10.4 Å². The van der Waals surface area contributed by atoms with Crippen molar-refractivity contribution in [1.82, 2.24) is 15.1 Å². The van der Waals surface area contributed by atoms with Gasteiger partial charge in [-0.2, -0.15) is 5.10 Å². The zero-order valence-electron chi connectivity index (χ0n) is 11.1. The Labute approximate surface area is 117 Å². The van der Waals surface area contributed by atoms with E-state index in [9.17, 15) is 9.90 Å². The first kappa shape index (κ1) is 12.9. The molecule has 0 unspecified atom stereocenters. The van der Waals surface area contributed by atoms with E-state index >= 15 is 0 Å². The molecule has 104 valence electrons. The van der Waals surface area contributed by atoms with Crippen LogP contribution in [0.5, 0.6) is 0 Å². The quantitative estimate of drug-likeness (QED) is 0.863. The van der Waals surface area contributed by atoms with E-state index < -0.39 is 0 Å². The summed E-state index contributed by atoms with van der Waals surface area (Å²) in [5.74, 6) is -0.195. The number of hydrogen-bond donors (Lipinski definition) is 2. The van der Waals surface area contributed by atoms with Crippen molar-refractivity contribution in [2.75, 3.05) is 13.2 Å². The lowest BCUT2D eigenvalue weighted by molar-refractivity contribution is 0.0930. The summed E-state index contributed by atoms with van der Waals surface area (Å²) in [5, 5.41) is 16.3. The molecule has 1 saturated carbocycles. The van der Waals surface area contributed by atoms with Crippen LogP contribution in [0.25, 0.3) is 5.69 Å². The lowest BCUT2D eigenvalue weighted by atomic mass is 10.1. The van der Waals surface area contributed by atoms with E-state index in [4.69, 9.17) is 0 Å². The van der Waals surface area contributed by atoms with Crippen molar-refractivity contribution >= 4 is 5.91 Å². The van der Waals surface area contributed by atoms with Gasteiger partial charge in [-0.25, -0.2) is 4.68 Å². The van der Waals surface area contributed by atoms with Crippen molar-refractivity contribution in [3.8, 4) is 5.69 Å². The van der Waals surface area contributed by atoms with E-state index in [0.29, 0.717) is 12.2 Å². The van der Waals surface area contributed by atoms with Crippen LogP contribution in [0, 0.1) is 5.41 Å². The molecule has 0 saturated heterocycles. The third kappa shape index (κ3) is 2.58. The fraction of sp³-hybridized carbons (Fsp3) is 0.333. The Kier molecular flexibility index (Phi) is 3.28. The molecule has 2 aromatic rings. The lowest BCUT2D eigenvalue weighted by Gasteiger charge is -2.11. The predicted octanol–water partition coefficient (Wildman–Crippen LogP) is 1.37. The summed E-state index contributed by atoms with van der Waals surface area (Å²) >= 11 is 0. The third-order valence-electron chi connectivity index (χ3n) is 3.76. The normalized spacial score (nSPS) is 15.8. The van der Waals surface area contributed by atoms with E-state index in [-0.39, 0.29) is 17.9 Å². The Hall–Kier alpha value is -2.14. The number of amides is 1. The average Bonchev–Trinajstić information content (AvgIpc) is 3.12. The summed E-state index contributed by atoms with van der Waals surface area (Å²) in [4.78, 5) is 12.0. The Morgan fingerprint density at radius 3 is 2.70 bits per heavy atom. The summed E-state index contributed by atoms with van der Waals surface area (Å²) in [6, 6.07) is 11.3. The Bertz CT molecular complexity index is 603. The second-order valence-electron chi connectivity index (χ2n) is 5.32. The highest BCUT2D eigenvalue weighted by molar-refractivity contribution is 5.92. The van der Waals surface area contributed by atoms with Crippen LogP contribution in [-0.4, -0.2) is 33.9 Å². The highest BCUT2D eigenvalue weighted by atomic mass is 16.3. The first-order valence-corrected chi connectivity index (χ1v) is 6.73. The minimum Gasteiger partial charge on any atom is -0.396 e. The van der Waals surface area contributed by atoms with Gasteiger partial charge in [0.25, 0.3) is 5.91 Å². The molecule has 0 aliphatic heterocycles. The van der Waals surface area contributed by atoms with Gasteiger partial charge in [0.1, 0.15) is 0 Å². The van der Waals surface area contributed by atoms with Crippen LogP contribution < -0.4 is 5.32 Å². The second kappa shape index (κ2) is 5.09. The molecule has 5 heteroatoms. The van der Waals surface area contributed by atoms with Crippen LogP contribution in [0.4, 0.5) is 0 Å². The maximum Gasteiger partial charge on any atom is 0.271 e. The maximum atomic E-state index is 12.0. The number of nitrogens with zero attached hydrogens (tertiary/aromatic N) is 2.